The number of allylic oxidation sites excluding steroid dienone is 1. The normalized spacial score (nSPS) is 12.6. The van der Waals surface area contributed by atoms with Gasteiger partial charge >= 0.3 is 5.97 Å². The van der Waals surface area contributed by atoms with Gasteiger partial charge in [0.25, 0.3) is 0 Å². The lowest BCUT2D eigenvalue weighted by molar-refractivity contribution is -0.136. The van der Waals surface area contributed by atoms with Gasteiger partial charge in [-0.1, -0.05) is 66.7 Å². The van der Waals surface area contributed by atoms with Crippen molar-refractivity contribution in [2.24, 2.45) is 0 Å². The Bertz CT molecular complexity index is 683. The SMILES string of the molecule is C/C=C(/C(=O)OC)[C@@H](CCOCc1ccccc1)NCc1ccccc1. The largest absolute Gasteiger partial charge is 0.466 e. The Morgan fingerprint density at radius 2 is 1.65 bits per heavy atom. The molecule has 138 valence electrons. The molecule has 0 aliphatic carbocycles. The Morgan fingerprint density at radius 3 is 2.23 bits per heavy atom. The Hall–Kier alpha value is -2.43. The lowest BCUT2D eigenvalue weighted by Crippen LogP contribution is -2.35. The monoisotopic (exact) mass is 353 g/mol. The minimum absolute atomic E-state index is 0.122. The van der Waals surface area contributed by atoms with Crippen LogP contribution in [0, 0.1) is 0 Å². The smallest absolute Gasteiger partial charge is 0.334 e. The van der Waals surface area contributed by atoms with Gasteiger partial charge in [-0.2, -0.15) is 0 Å². The predicted octanol–water partition coefficient (Wildman–Crippen LogP) is 3.87. The minimum Gasteiger partial charge on any atom is -0.466 e. The number of esters is 1. The molecule has 0 heterocycles. The van der Waals surface area contributed by atoms with Gasteiger partial charge in [-0.15, -0.1) is 0 Å². The van der Waals surface area contributed by atoms with E-state index >= 15 is 0 Å². The molecule has 0 unspecified atom stereocenters. The van der Waals surface area contributed by atoms with Gasteiger partial charge in [0.05, 0.1) is 13.7 Å². The molecule has 4 nitrogen and oxygen atoms in total. The first-order valence-electron chi connectivity index (χ1n) is 8.88. The van der Waals surface area contributed by atoms with Crippen molar-refractivity contribution in [1.82, 2.24) is 5.32 Å². The maximum Gasteiger partial charge on any atom is 0.334 e. The highest BCUT2D eigenvalue weighted by molar-refractivity contribution is 5.89. The number of ether oxygens (including phenoxy) is 2. The molecule has 2 rings (SSSR count). The molecular formula is C22H27NO3. The molecule has 0 bridgehead atoms. The second-order valence-electron chi connectivity index (χ2n) is 5.98. The minimum atomic E-state index is -0.305. The Labute approximate surface area is 155 Å². The molecule has 26 heavy (non-hydrogen) atoms. The average molecular weight is 353 g/mol. The van der Waals surface area contributed by atoms with E-state index in [1.807, 2.05) is 61.5 Å². The summed E-state index contributed by atoms with van der Waals surface area (Å²) in [6.07, 6.45) is 2.50. The number of rotatable bonds is 10. The van der Waals surface area contributed by atoms with Crippen LogP contribution in [0.5, 0.6) is 0 Å². The third kappa shape index (κ3) is 6.47. The maximum atomic E-state index is 12.1. The molecule has 0 spiro atoms. The van der Waals surface area contributed by atoms with Crippen LogP contribution in [0.25, 0.3) is 0 Å². The summed E-state index contributed by atoms with van der Waals surface area (Å²) < 4.78 is 10.7. The van der Waals surface area contributed by atoms with E-state index in [9.17, 15) is 4.79 Å². The summed E-state index contributed by atoms with van der Waals surface area (Å²) in [7, 11) is 1.41. The molecular weight excluding hydrogens is 326 g/mol. The van der Waals surface area contributed by atoms with Gasteiger partial charge in [0.2, 0.25) is 0 Å². The van der Waals surface area contributed by atoms with Crippen LogP contribution in [-0.4, -0.2) is 25.7 Å². The predicted molar refractivity (Wildman–Crippen MR) is 104 cm³/mol. The topological polar surface area (TPSA) is 47.6 Å². The Balaban J connectivity index is 1.92. The van der Waals surface area contributed by atoms with Crippen LogP contribution in [0.4, 0.5) is 0 Å². The fourth-order valence-corrected chi connectivity index (χ4v) is 2.75. The molecule has 2 aromatic carbocycles. The molecule has 1 atom stereocenters. The number of methoxy groups -OCH3 is 1. The van der Waals surface area contributed by atoms with E-state index in [1.165, 1.54) is 12.7 Å². The van der Waals surface area contributed by atoms with E-state index in [0.717, 1.165) is 5.56 Å². The van der Waals surface area contributed by atoms with E-state index in [-0.39, 0.29) is 12.0 Å². The summed E-state index contributed by atoms with van der Waals surface area (Å²) in [5, 5.41) is 3.45. The van der Waals surface area contributed by atoms with Gasteiger partial charge in [0.15, 0.2) is 0 Å². The summed E-state index contributed by atoms with van der Waals surface area (Å²) in [5.74, 6) is -0.305. The molecule has 0 aliphatic heterocycles. The summed E-state index contributed by atoms with van der Waals surface area (Å²) in [6, 6.07) is 20.1. The van der Waals surface area contributed by atoms with Crippen molar-refractivity contribution >= 4 is 5.97 Å². The van der Waals surface area contributed by atoms with Crippen molar-refractivity contribution in [2.75, 3.05) is 13.7 Å². The van der Waals surface area contributed by atoms with E-state index < -0.39 is 0 Å². The van der Waals surface area contributed by atoms with Crippen molar-refractivity contribution < 1.29 is 14.3 Å². The lowest BCUT2D eigenvalue weighted by Gasteiger charge is -2.21. The van der Waals surface area contributed by atoms with Gasteiger partial charge < -0.3 is 14.8 Å². The number of nitrogens with one attached hydrogen (secondary N) is 1. The zero-order chi connectivity index (χ0) is 18.6. The van der Waals surface area contributed by atoms with Gasteiger partial charge in [-0.3, -0.25) is 0 Å². The fourth-order valence-electron chi connectivity index (χ4n) is 2.75. The lowest BCUT2D eigenvalue weighted by atomic mass is 10.0. The summed E-state index contributed by atoms with van der Waals surface area (Å²) >= 11 is 0. The van der Waals surface area contributed by atoms with E-state index in [2.05, 4.69) is 17.4 Å². The van der Waals surface area contributed by atoms with E-state index in [4.69, 9.17) is 9.47 Å². The first-order chi connectivity index (χ1) is 12.7. The number of benzene rings is 2. The molecule has 0 fully saturated rings. The Morgan fingerprint density at radius 1 is 1.04 bits per heavy atom. The maximum absolute atomic E-state index is 12.1. The van der Waals surface area contributed by atoms with Crippen molar-refractivity contribution in [3.63, 3.8) is 0 Å². The zero-order valence-electron chi connectivity index (χ0n) is 15.5. The Kier molecular flexibility index (Phi) is 8.60. The standard InChI is InChI=1S/C22H27NO3/c1-3-20(22(24)25-2)21(23-16-18-10-6-4-7-11-18)14-15-26-17-19-12-8-5-9-13-19/h3-13,21,23H,14-17H2,1-2H3/b20-3+/t21-/m1/s1. The van der Waals surface area contributed by atoms with Crippen molar-refractivity contribution in [1.29, 1.82) is 0 Å². The van der Waals surface area contributed by atoms with Crippen molar-refractivity contribution in [3.05, 3.63) is 83.4 Å². The second kappa shape index (κ2) is 11.2. The number of hydrogen-bond acceptors (Lipinski definition) is 4. The molecule has 2 aromatic rings. The zero-order valence-corrected chi connectivity index (χ0v) is 15.5. The van der Waals surface area contributed by atoms with Crippen LogP contribution in [-0.2, 0) is 27.4 Å². The first-order valence-corrected chi connectivity index (χ1v) is 8.88. The van der Waals surface area contributed by atoms with Gasteiger partial charge in [-0.25, -0.2) is 4.79 Å². The quantitative estimate of drug-likeness (QED) is 0.400. The summed E-state index contributed by atoms with van der Waals surface area (Å²) in [4.78, 5) is 12.1. The molecule has 0 saturated heterocycles. The fraction of sp³-hybridized carbons (Fsp3) is 0.318. The number of hydrogen-bond donors (Lipinski definition) is 1. The van der Waals surface area contributed by atoms with Crippen LogP contribution >= 0.6 is 0 Å². The molecule has 0 aromatic heterocycles. The molecule has 1 N–H and O–H groups in total. The molecule has 4 heteroatoms. The van der Waals surface area contributed by atoms with Crippen molar-refractivity contribution in [3.8, 4) is 0 Å². The van der Waals surface area contributed by atoms with Crippen LogP contribution in [0.3, 0.4) is 0 Å². The summed E-state index contributed by atoms with van der Waals surface area (Å²) in [6.45, 7) is 3.65. The van der Waals surface area contributed by atoms with Crippen LogP contribution in [0.1, 0.15) is 24.5 Å². The van der Waals surface area contributed by atoms with Crippen LogP contribution in [0.15, 0.2) is 72.3 Å². The van der Waals surface area contributed by atoms with Crippen LogP contribution in [0.2, 0.25) is 0 Å². The van der Waals surface area contributed by atoms with Crippen LogP contribution < -0.4 is 5.32 Å². The first kappa shape index (κ1) is 19.9. The molecule has 0 saturated carbocycles. The van der Waals surface area contributed by atoms with E-state index in [1.54, 1.807) is 0 Å². The second-order valence-corrected chi connectivity index (χ2v) is 5.98. The third-order valence-electron chi connectivity index (χ3n) is 4.17. The molecule has 0 aliphatic rings. The molecule has 0 amide bonds. The highest BCUT2D eigenvalue weighted by Gasteiger charge is 2.20. The molecule has 0 radical (unpaired) electrons. The van der Waals surface area contributed by atoms with Gasteiger partial charge in [0.1, 0.15) is 0 Å². The van der Waals surface area contributed by atoms with E-state index in [0.29, 0.717) is 31.8 Å². The highest BCUT2D eigenvalue weighted by atomic mass is 16.5. The number of carbonyl (C=O) groups excluding carboxylic acids is 1. The third-order valence-corrected chi connectivity index (χ3v) is 4.17. The summed E-state index contributed by atoms with van der Waals surface area (Å²) in [5.41, 5.74) is 2.94. The average Bonchev–Trinajstić information content (AvgIpc) is 2.70. The van der Waals surface area contributed by atoms with Gasteiger partial charge in [-0.05, 0) is 24.5 Å². The van der Waals surface area contributed by atoms with Crippen molar-refractivity contribution in [2.45, 2.75) is 32.5 Å². The van der Waals surface area contributed by atoms with Gasteiger partial charge in [0, 0.05) is 24.8 Å². The number of carbonyl (C=O) groups is 1. The highest BCUT2D eigenvalue weighted by Crippen LogP contribution is 2.12.